The molecule has 180 valence electrons. The number of benzene rings is 1. The topological polar surface area (TPSA) is 98.6 Å². The third kappa shape index (κ3) is 3.33. The SMILES string of the molecule is Cc1ncn2c1c(N)nc1cnc(C(=O)N3C[C@H](C)O[C@@H]4Cc5cc(C(F)(F)F)ccc5[C@@H]43)cc12. The number of nitrogens with two attached hydrogens (primary N) is 1. The van der Waals surface area contributed by atoms with Crippen molar-refractivity contribution < 1.29 is 22.7 Å². The highest BCUT2D eigenvalue weighted by atomic mass is 19.4. The number of pyridine rings is 1. The van der Waals surface area contributed by atoms with E-state index in [1.807, 2.05) is 13.8 Å². The number of morpholine rings is 1. The van der Waals surface area contributed by atoms with Gasteiger partial charge in [0.1, 0.15) is 23.1 Å². The van der Waals surface area contributed by atoms with Crippen LogP contribution in [0.15, 0.2) is 36.8 Å². The second-order valence-electron chi connectivity index (χ2n) is 9.11. The Labute approximate surface area is 197 Å². The lowest BCUT2D eigenvalue weighted by molar-refractivity contribution is -0.137. The lowest BCUT2D eigenvalue weighted by atomic mass is 10.0. The Morgan fingerprint density at radius 2 is 2.03 bits per heavy atom. The molecular weight excluding hydrogens is 461 g/mol. The van der Waals surface area contributed by atoms with Gasteiger partial charge in [-0.2, -0.15) is 13.2 Å². The molecule has 0 bridgehead atoms. The molecule has 4 aromatic rings. The minimum atomic E-state index is -4.43. The van der Waals surface area contributed by atoms with Gasteiger partial charge in [-0.05, 0) is 43.2 Å². The van der Waals surface area contributed by atoms with Crippen molar-refractivity contribution in [1.82, 2.24) is 24.3 Å². The number of hydrogen-bond acceptors (Lipinski definition) is 6. The highest BCUT2D eigenvalue weighted by Crippen LogP contribution is 2.43. The average Bonchev–Trinajstić information content (AvgIpc) is 3.37. The molecule has 1 aliphatic carbocycles. The van der Waals surface area contributed by atoms with Crippen LogP contribution in [0.1, 0.15) is 45.8 Å². The Balaban J connectivity index is 1.42. The number of anilines is 1. The molecule has 2 N–H and O–H groups in total. The molecule has 1 fully saturated rings. The molecule has 3 aromatic heterocycles. The van der Waals surface area contributed by atoms with Crippen molar-refractivity contribution in [3.63, 3.8) is 0 Å². The van der Waals surface area contributed by atoms with E-state index in [1.54, 1.807) is 21.7 Å². The van der Waals surface area contributed by atoms with E-state index in [4.69, 9.17) is 10.5 Å². The van der Waals surface area contributed by atoms with Crippen molar-refractivity contribution in [1.29, 1.82) is 0 Å². The summed E-state index contributed by atoms with van der Waals surface area (Å²) in [5.41, 5.74) is 9.31. The van der Waals surface area contributed by atoms with Gasteiger partial charge in [0, 0.05) is 13.0 Å². The van der Waals surface area contributed by atoms with Gasteiger partial charge in [0.25, 0.3) is 5.91 Å². The van der Waals surface area contributed by atoms with Crippen LogP contribution < -0.4 is 5.73 Å². The first-order valence-corrected chi connectivity index (χ1v) is 11.2. The molecule has 0 radical (unpaired) electrons. The molecule has 0 spiro atoms. The molecule has 3 atom stereocenters. The van der Waals surface area contributed by atoms with Crippen LogP contribution in [0.3, 0.4) is 0 Å². The standard InChI is InChI=1S/C24H21F3N6O2/c1-11-9-32(21-15-4-3-14(24(25,26)27)5-13(15)6-19(21)35-11)23(34)16-7-18-17(8-29-16)31-22(28)20-12(2)30-10-33(18)20/h3-5,7-8,10-11,19,21H,6,9H2,1-2H3,(H2,28,31)/t11-,19+,21-/m0/s1. The molecule has 0 saturated carbocycles. The van der Waals surface area contributed by atoms with Gasteiger partial charge in [-0.3, -0.25) is 9.20 Å². The van der Waals surface area contributed by atoms with Crippen molar-refractivity contribution in [2.45, 2.75) is 44.7 Å². The van der Waals surface area contributed by atoms with Gasteiger partial charge in [-0.25, -0.2) is 15.0 Å². The van der Waals surface area contributed by atoms with Crippen LogP contribution >= 0.6 is 0 Å². The Kier molecular flexibility index (Phi) is 4.59. The molecule has 1 aliphatic heterocycles. The number of imidazole rings is 1. The molecule has 11 heteroatoms. The monoisotopic (exact) mass is 482 g/mol. The van der Waals surface area contributed by atoms with Crippen molar-refractivity contribution in [2.75, 3.05) is 12.3 Å². The summed E-state index contributed by atoms with van der Waals surface area (Å²) in [6.45, 7) is 3.96. The van der Waals surface area contributed by atoms with E-state index in [0.717, 1.165) is 12.1 Å². The summed E-state index contributed by atoms with van der Waals surface area (Å²) in [5, 5.41) is 0. The highest BCUT2D eigenvalue weighted by Gasteiger charge is 2.45. The minimum absolute atomic E-state index is 0.199. The van der Waals surface area contributed by atoms with Gasteiger partial charge in [0.2, 0.25) is 0 Å². The predicted molar refractivity (Wildman–Crippen MR) is 121 cm³/mol. The van der Waals surface area contributed by atoms with Gasteiger partial charge in [0.15, 0.2) is 5.82 Å². The van der Waals surface area contributed by atoms with Crippen LogP contribution in [0.4, 0.5) is 19.0 Å². The van der Waals surface area contributed by atoms with Crippen LogP contribution in [0.2, 0.25) is 0 Å². The fourth-order valence-electron chi connectivity index (χ4n) is 5.30. The maximum absolute atomic E-state index is 13.7. The number of ether oxygens (including phenoxy) is 1. The van der Waals surface area contributed by atoms with Gasteiger partial charge in [0.05, 0.1) is 41.2 Å². The Hall–Kier alpha value is -3.73. The molecule has 35 heavy (non-hydrogen) atoms. The number of nitrogens with zero attached hydrogens (tertiary/aromatic N) is 5. The van der Waals surface area contributed by atoms with Crippen molar-refractivity contribution in [3.8, 4) is 0 Å². The number of aryl methyl sites for hydroxylation is 1. The van der Waals surface area contributed by atoms with E-state index in [0.29, 0.717) is 52.2 Å². The maximum Gasteiger partial charge on any atom is 0.416 e. The summed E-state index contributed by atoms with van der Waals surface area (Å²) in [6.07, 6.45) is -1.71. The van der Waals surface area contributed by atoms with E-state index < -0.39 is 23.9 Å². The fourth-order valence-corrected chi connectivity index (χ4v) is 5.30. The summed E-state index contributed by atoms with van der Waals surface area (Å²) in [7, 11) is 0. The first-order valence-electron chi connectivity index (χ1n) is 11.2. The van der Waals surface area contributed by atoms with E-state index in [9.17, 15) is 18.0 Å². The van der Waals surface area contributed by atoms with Gasteiger partial charge in [-0.1, -0.05) is 6.07 Å². The number of carbonyl (C=O) groups excluding carboxylic acids is 1. The van der Waals surface area contributed by atoms with Crippen LogP contribution in [-0.2, 0) is 17.3 Å². The Morgan fingerprint density at radius 1 is 1.23 bits per heavy atom. The van der Waals surface area contributed by atoms with Crippen molar-refractivity contribution in [3.05, 3.63) is 64.9 Å². The predicted octanol–water partition coefficient (Wildman–Crippen LogP) is 3.71. The van der Waals surface area contributed by atoms with E-state index in [-0.39, 0.29) is 17.7 Å². The number of carbonyl (C=O) groups is 1. The Morgan fingerprint density at radius 3 is 2.80 bits per heavy atom. The van der Waals surface area contributed by atoms with Crippen LogP contribution in [0, 0.1) is 6.92 Å². The molecule has 6 rings (SSSR count). The molecule has 1 amide bonds. The fraction of sp³-hybridized carbons (Fsp3) is 0.333. The summed E-state index contributed by atoms with van der Waals surface area (Å²) in [6, 6.07) is 4.84. The van der Waals surface area contributed by atoms with E-state index >= 15 is 0 Å². The number of rotatable bonds is 1. The smallest absolute Gasteiger partial charge is 0.382 e. The number of fused-ring (bicyclic) bond motifs is 6. The van der Waals surface area contributed by atoms with Crippen LogP contribution in [0.25, 0.3) is 16.6 Å². The lowest BCUT2D eigenvalue weighted by Gasteiger charge is -2.41. The second-order valence-corrected chi connectivity index (χ2v) is 9.11. The van der Waals surface area contributed by atoms with Crippen LogP contribution in [-0.4, -0.2) is 48.9 Å². The van der Waals surface area contributed by atoms with Gasteiger partial charge < -0.3 is 15.4 Å². The molecule has 0 unspecified atom stereocenters. The first-order chi connectivity index (χ1) is 16.6. The van der Waals surface area contributed by atoms with Crippen LogP contribution in [0.5, 0.6) is 0 Å². The molecule has 1 aromatic carbocycles. The third-order valence-corrected chi connectivity index (χ3v) is 6.79. The molecule has 1 saturated heterocycles. The third-order valence-electron chi connectivity index (χ3n) is 6.79. The molecular formula is C24H21F3N6O2. The average molecular weight is 482 g/mol. The zero-order valence-corrected chi connectivity index (χ0v) is 18.9. The largest absolute Gasteiger partial charge is 0.416 e. The summed E-state index contributed by atoms with van der Waals surface area (Å²) >= 11 is 0. The lowest BCUT2D eigenvalue weighted by Crippen LogP contribution is -2.50. The number of halogens is 3. The van der Waals surface area contributed by atoms with Crippen molar-refractivity contribution >= 4 is 28.3 Å². The summed E-state index contributed by atoms with van der Waals surface area (Å²) < 4.78 is 47.6. The minimum Gasteiger partial charge on any atom is -0.382 e. The van der Waals surface area contributed by atoms with Gasteiger partial charge in [-0.15, -0.1) is 0 Å². The summed E-state index contributed by atoms with van der Waals surface area (Å²) in [4.78, 5) is 28.4. The van der Waals surface area contributed by atoms with E-state index in [1.165, 1.54) is 12.3 Å². The maximum atomic E-state index is 13.7. The second kappa shape index (κ2) is 7.38. The number of amides is 1. The van der Waals surface area contributed by atoms with Gasteiger partial charge >= 0.3 is 6.18 Å². The zero-order chi connectivity index (χ0) is 24.6. The summed E-state index contributed by atoms with van der Waals surface area (Å²) in [5.74, 6) is -0.00868. The quantitative estimate of drug-likeness (QED) is 0.444. The molecule has 2 aliphatic rings. The van der Waals surface area contributed by atoms with Crippen molar-refractivity contribution in [2.24, 2.45) is 0 Å². The van der Waals surface area contributed by atoms with E-state index in [2.05, 4.69) is 15.0 Å². The number of aromatic nitrogens is 4. The first kappa shape index (κ1) is 21.8. The zero-order valence-electron chi connectivity index (χ0n) is 18.9. The number of nitrogen functional groups attached to an aromatic ring is 1. The molecule has 8 nitrogen and oxygen atoms in total. The number of alkyl halides is 3. The molecule has 4 heterocycles. The highest BCUT2D eigenvalue weighted by molar-refractivity contribution is 5.96. The Bertz CT molecular complexity index is 1510. The number of hydrogen-bond donors (Lipinski definition) is 1. The normalized spacial score (nSPS) is 22.0.